The molecule has 6 nitrogen and oxygen atoms in total. The standard InChI is InChI=1S/C24H21FN4O2/c1-16(28(2)24(31)26-18-8-4-3-5-9-18)22-27-21-11-7-6-10-20(21)23(30)29(22)19-14-12-17(25)13-15-19/h3-16H,1-2H3,(H,26,31). The van der Waals surface area contributed by atoms with Crippen molar-refractivity contribution in [2.24, 2.45) is 0 Å². The average molecular weight is 416 g/mol. The van der Waals surface area contributed by atoms with Crippen molar-refractivity contribution in [2.45, 2.75) is 13.0 Å². The van der Waals surface area contributed by atoms with Crippen LogP contribution in [-0.2, 0) is 0 Å². The van der Waals surface area contributed by atoms with Crippen LogP contribution >= 0.6 is 0 Å². The number of rotatable bonds is 4. The van der Waals surface area contributed by atoms with Crippen molar-refractivity contribution in [3.8, 4) is 5.69 Å². The fourth-order valence-corrected chi connectivity index (χ4v) is 3.35. The highest BCUT2D eigenvalue weighted by Gasteiger charge is 2.24. The summed E-state index contributed by atoms with van der Waals surface area (Å²) >= 11 is 0. The van der Waals surface area contributed by atoms with Crippen molar-refractivity contribution in [2.75, 3.05) is 12.4 Å². The van der Waals surface area contributed by atoms with Crippen molar-refractivity contribution < 1.29 is 9.18 Å². The van der Waals surface area contributed by atoms with Crippen LogP contribution in [0.25, 0.3) is 16.6 Å². The molecular formula is C24H21FN4O2. The van der Waals surface area contributed by atoms with Crippen molar-refractivity contribution >= 4 is 22.6 Å². The van der Waals surface area contributed by atoms with E-state index in [0.29, 0.717) is 28.1 Å². The van der Waals surface area contributed by atoms with Crippen molar-refractivity contribution in [1.82, 2.24) is 14.5 Å². The molecule has 31 heavy (non-hydrogen) atoms. The van der Waals surface area contributed by atoms with Crippen molar-refractivity contribution in [3.05, 3.63) is 101 Å². The topological polar surface area (TPSA) is 67.2 Å². The maximum Gasteiger partial charge on any atom is 0.322 e. The molecule has 3 aromatic carbocycles. The lowest BCUT2D eigenvalue weighted by atomic mass is 10.2. The van der Waals surface area contributed by atoms with Crippen LogP contribution in [0.4, 0.5) is 14.9 Å². The number of urea groups is 1. The summed E-state index contributed by atoms with van der Waals surface area (Å²) in [7, 11) is 1.64. The molecule has 7 heteroatoms. The number of carbonyl (C=O) groups excluding carboxylic acids is 1. The lowest BCUT2D eigenvalue weighted by Gasteiger charge is -2.27. The van der Waals surface area contributed by atoms with E-state index in [2.05, 4.69) is 5.32 Å². The van der Waals surface area contributed by atoms with Gasteiger partial charge in [-0.05, 0) is 55.5 Å². The van der Waals surface area contributed by atoms with Gasteiger partial charge in [0.25, 0.3) is 5.56 Å². The van der Waals surface area contributed by atoms with E-state index in [-0.39, 0.29) is 11.6 Å². The second-order valence-electron chi connectivity index (χ2n) is 7.19. The van der Waals surface area contributed by atoms with Crippen molar-refractivity contribution in [3.63, 3.8) is 0 Å². The molecule has 4 aromatic rings. The molecule has 0 fully saturated rings. The Balaban J connectivity index is 1.79. The molecule has 0 radical (unpaired) electrons. The SMILES string of the molecule is CC(c1nc2ccccc2c(=O)n1-c1ccc(F)cc1)N(C)C(=O)Nc1ccccc1. The van der Waals surface area contributed by atoms with E-state index in [4.69, 9.17) is 4.98 Å². The van der Waals surface area contributed by atoms with Gasteiger partial charge >= 0.3 is 6.03 Å². The number of carbonyl (C=O) groups is 1. The smallest absolute Gasteiger partial charge is 0.318 e. The summed E-state index contributed by atoms with van der Waals surface area (Å²) in [6.45, 7) is 1.79. The van der Waals surface area contributed by atoms with Crippen molar-refractivity contribution in [1.29, 1.82) is 0 Å². The highest BCUT2D eigenvalue weighted by atomic mass is 19.1. The van der Waals surface area contributed by atoms with Gasteiger partial charge in [0.15, 0.2) is 0 Å². The number of hydrogen-bond acceptors (Lipinski definition) is 3. The summed E-state index contributed by atoms with van der Waals surface area (Å²) in [4.78, 5) is 32.3. The van der Waals surface area contributed by atoms with Gasteiger partial charge in [0.05, 0.1) is 22.6 Å². The summed E-state index contributed by atoms with van der Waals surface area (Å²) in [5, 5.41) is 3.28. The van der Waals surface area contributed by atoms with Gasteiger partial charge in [-0.3, -0.25) is 9.36 Å². The first-order chi connectivity index (χ1) is 15.0. The van der Waals surface area contributed by atoms with Crippen LogP contribution in [0.15, 0.2) is 83.7 Å². The Labute approximate surface area is 178 Å². The molecule has 0 aliphatic carbocycles. The van der Waals surface area contributed by atoms with Crippen LogP contribution < -0.4 is 10.9 Å². The predicted molar refractivity (Wildman–Crippen MR) is 119 cm³/mol. The molecule has 0 bridgehead atoms. The summed E-state index contributed by atoms with van der Waals surface area (Å²) in [6, 6.07) is 20.9. The van der Waals surface area contributed by atoms with Gasteiger partial charge in [-0.2, -0.15) is 0 Å². The summed E-state index contributed by atoms with van der Waals surface area (Å²) in [5.74, 6) is -0.0273. The monoisotopic (exact) mass is 416 g/mol. The molecule has 0 saturated carbocycles. The molecular weight excluding hydrogens is 395 g/mol. The van der Waals surface area contributed by atoms with E-state index in [9.17, 15) is 14.0 Å². The van der Waals surface area contributed by atoms with Crippen LogP contribution in [0.2, 0.25) is 0 Å². The van der Waals surface area contributed by atoms with Gasteiger partial charge in [0, 0.05) is 12.7 Å². The van der Waals surface area contributed by atoms with Gasteiger partial charge in [-0.1, -0.05) is 30.3 Å². The van der Waals surface area contributed by atoms with Crippen LogP contribution in [0, 0.1) is 5.82 Å². The molecule has 1 N–H and O–H groups in total. The molecule has 0 saturated heterocycles. The third-order valence-electron chi connectivity index (χ3n) is 5.19. The number of amides is 2. The third-order valence-corrected chi connectivity index (χ3v) is 5.19. The number of hydrogen-bond donors (Lipinski definition) is 1. The first kappa shape index (κ1) is 20.3. The maximum absolute atomic E-state index is 13.5. The fraction of sp³-hybridized carbons (Fsp3) is 0.125. The fourth-order valence-electron chi connectivity index (χ4n) is 3.35. The Kier molecular flexibility index (Phi) is 5.49. The van der Waals surface area contributed by atoms with Gasteiger partial charge in [-0.25, -0.2) is 14.2 Å². The Morgan fingerprint density at radius 1 is 1.00 bits per heavy atom. The number of fused-ring (bicyclic) bond motifs is 1. The number of nitrogens with zero attached hydrogens (tertiary/aromatic N) is 3. The lowest BCUT2D eigenvalue weighted by Crippen LogP contribution is -2.37. The number of aromatic nitrogens is 2. The highest BCUT2D eigenvalue weighted by Crippen LogP contribution is 2.22. The number of para-hydroxylation sites is 2. The van der Waals surface area contributed by atoms with E-state index in [1.54, 1.807) is 50.4 Å². The second kappa shape index (κ2) is 8.39. The first-order valence-corrected chi connectivity index (χ1v) is 9.82. The zero-order chi connectivity index (χ0) is 22.0. The van der Waals surface area contributed by atoms with Crippen LogP contribution in [0.3, 0.4) is 0 Å². The Hall–Kier alpha value is -4.00. The third kappa shape index (κ3) is 4.02. The first-order valence-electron chi connectivity index (χ1n) is 9.82. The molecule has 1 atom stereocenters. The number of halogens is 1. The minimum atomic E-state index is -0.550. The molecule has 1 aromatic heterocycles. The molecule has 2 amide bonds. The van der Waals surface area contributed by atoms with Crippen LogP contribution in [-0.4, -0.2) is 27.5 Å². The second-order valence-corrected chi connectivity index (χ2v) is 7.19. The summed E-state index contributed by atoms with van der Waals surface area (Å²) in [6.07, 6.45) is 0. The molecule has 0 aliphatic heterocycles. The lowest BCUT2D eigenvalue weighted by molar-refractivity contribution is 0.205. The van der Waals surface area contributed by atoms with E-state index in [1.165, 1.54) is 33.7 Å². The zero-order valence-electron chi connectivity index (χ0n) is 17.1. The molecule has 0 spiro atoms. The largest absolute Gasteiger partial charge is 0.322 e. The summed E-state index contributed by atoms with van der Waals surface area (Å²) in [5.41, 5.74) is 1.39. The van der Waals surface area contributed by atoms with E-state index in [0.717, 1.165) is 0 Å². The molecule has 4 rings (SSSR count). The molecule has 156 valence electrons. The predicted octanol–water partition coefficient (Wildman–Crippen LogP) is 4.75. The Morgan fingerprint density at radius 3 is 2.35 bits per heavy atom. The van der Waals surface area contributed by atoms with E-state index >= 15 is 0 Å². The minimum absolute atomic E-state index is 0.282. The van der Waals surface area contributed by atoms with E-state index in [1.807, 2.05) is 18.2 Å². The number of nitrogens with one attached hydrogen (secondary N) is 1. The van der Waals surface area contributed by atoms with Crippen LogP contribution in [0.5, 0.6) is 0 Å². The van der Waals surface area contributed by atoms with Gasteiger partial charge in [0.2, 0.25) is 0 Å². The molecule has 1 unspecified atom stereocenters. The zero-order valence-corrected chi connectivity index (χ0v) is 17.1. The van der Waals surface area contributed by atoms with Gasteiger partial charge in [0.1, 0.15) is 11.6 Å². The minimum Gasteiger partial charge on any atom is -0.318 e. The van der Waals surface area contributed by atoms with Gasteiger partial charge in [-0.15, -0.1) is 0 Å². The summed E-state index contributed by atoms with van der Waals surface area (Å²) < 4.78 is 14.9. The van der Waals surface area contributed by atoms with Gasteiger partial charge < -0.3 is 10.2 Å². The average Bonchev–Trinajstić information content (AvgIpc) is 2.79. The maximum atomic E-state index is 13.5. The Morgan fingerprint density at radius 2 is 1.65 bits per heavy atom. The normalized spacial score (nSPS) is 11.8. The van der Waals surface area contributed by atoms with Crippen LogP contribution in [0.1, 0.15) is 18.8 Å². The van der Waals surface area contributed by atoms with E-state index < -0.39 is 11.9 Å². The quantitative estimate of drug-likeness (QED) is 0.522. The number of anilines is 1. The Bertz CT molecular complexity index is 1290. The molecule has 0 aliphatic rings. The molecule has 1 heterocycles. The number of benzene rings is 3. The highest BCUT2D eigenvalue weighted by molar-refractivity contribution is 5.89.